The van der Waals surface area contributed by atoms with Crippen LogP contribution in [0.2, 0.25) is 0 Å². The zero-order valence-corrected chi connectivity index (χ0v) is 24.8. The third-order valence-electron chi connectivity index (χ3n) is 7.86. The monoisotopic (exact) mass is 615 g/mol. The maximum Gasteiger partial charge on any atom is 0.255 e. The number of nitrogen functional groups attached to an aromatic ring is 1. The summed E-state index contributed by atoms with van der Waals surface area (Å²) in [4.78, 5) is 23.2. The number of ether oxygens (including phenoxy) is 3. The van der Waals surface area contributed by atoms with Crippen LogP contribution in [0.5, 0.6) is 5.75 Å². The lowest BCUT2D eigenvalue weighted by Crippen LogP contribution is -2.53. The molecular weight excluding hydrogens is 584 g/mol. The number of carbonyl (C=O) groups is 1. The summed E-state index contributed by atoms with van der Waals surface area (Å²) in [6.45, 7) is 1.42. The highest BCUT2D eigenvalue weighted by molar-refractivity contribution is 5.99. The molecule has 3 heterocycles. The summed E-state index contributed by atoms with van der Waals surface area (Å²) in [5.74, 6) is -0.741. The van der Waals surface area contributed by atoms with Gasteiger partial charge in [0.25, 0.3) is 5.91 Å². The highest BCUT2D eigenvalue weighted by Gasteiger charge is 2.35. The van der Waals surface area contributed by atoms with Crippen molar-refractivity contribution in [2.75, 3.05) is 45.1 Å². The van der Waals surface area contributed by atoms with E-state index in [0.717, 1.165) is 17.2 Å². The number of methoxy groups -OCH3 is 3. The standard InChI is InChI=1S/C32H31F2N7O4/c1-43-26-11-8-21(33)12-23(26)31(42)36-14-18-4-6-19(7-5-18)28-27-29(35)37-17-38-30(27)41(39-28)22-9-10-25(24(34)13-22)40-15-20(16-40)32(44-2)45-3/h4-13,17,20,32H,14-16H2,1-3H3,(H,36,42)(H2,35,37,38). The largest absolute Gasteiger partial charge is 0.496 e. The topological polar surface area (TPSA) is 130 Å². The van der Waals surface area contributed by atoms with E-state index in [4.69, 9.17) is 25.0 Å². The van der Waals surface area contributed by atoms with E-state index in [1.807, 2.05) is 29.2 Å². The normalized spacial score (nSPS) is 13.3. The van der Waals surface area contributed by atoms with Crippen LogP contribution in [0.25, 0.3) is 28.0 Å². The summed E-state index contributed by atoms with van der Waals surface area (Å²) in [6.07, 6.45) is 1.01. The molecule has 11 nitrogen and oxygen atoms in total. The van der Waals surface area contributed by atoms with Gasteiger partial charge in [-0.15, -0.1) is 0 Å². The fraction of sp³-hybridized carbons (Fsp3) is 0.250. The molecular formula is C32H31F2N7O4. The molecule has 0 atom stereocenters. The molecule has 2 aromatic heterocycles. The molecule has 1 fully saturated rings. The average Bonchev–Trinajstić information content (AvgIpc) is 3.43. The first-order valence-corrected chi connectivity index (χ1v) is 14.1. The Morgan fingerprint density at radius 3 is 2.47 bits per heavy atom. The molecule has 232 valence electrons. The SMILES string of the molecule is COc1ccc(F)cc1C(=O)NCc1ccc(-c2nn(-c3ccc(N4CC(C(OC)OC)C4)c(F)c3)c3ncnc(N)c23)cc1. The Morgan fingerprint density at radius 1 is 1.02 bits per heavy atom. The Balaban J connectivity index is 1.23. The molecule has 3 N–H and O–H groups in total. The molecule has 45 heavy (non-hydrogen) atoms. The van der Waals surface area contributed by atoms with E-state index >= 15 is 4.39 Å². The van der Waals surface area contributed by atoms with Gasteiger partial charge in [-0.05, 0) is 35.9 Å². The highest BCUT2D eigenvalue weighted by Crippen LogP contribution is 2.34. The Labute approximate surface area is 257 Å². The van der Waals surface area contributed by atoms with E-state index < -0.39 is 17.5 Å². The van der Waals surface area contributed by atoms with Crippen molar-refractivity contribution >= 4 is 28.4 Å². The Morgan fingerprint density at radius 2 is 1.78 bits per heavy atom. The van der Waals surface area contributed by atoms with Crippen molar-refractivity contribution in [3.63, 3.8) is 0 Å². The van der Waals surface area contributed by atoms with Crippen molar-refractivity contribution in [2.45, 2.75) is 12.8 Å². The highest BCUT2D eigenvalue weighted by atomic mass is 19.1. The molecule has 3 aromatic carbocycles. The summed E-state index contributed by atoms with van der Waals surface area (Å²) in [5, 5.41) is 8.08. The summed E-state index contributed by atoms with van der Waals surface area (Å²) in [6, 6.07) is 16.0. The van der Waals surface area contributed by atoms with E-state index in [0.29, 0.717) is 41.2 Å². The van der Waals surface area contributed by atoms with Crippen LogP contribution in [0.4, 0.5) is 20.3 Å². The van der Waals surface area contributed by atoms with Gasteiger partial charge in [0.15, 0.2) is 11.9 Å². The third-order valence-corrected chi connectivity index (χ3v) is 7.86. The molecule has 0 saturated carbocycles. The fourth-order valence-electron chi connectivity index (χ4n) is 5.52. The summed E-state index contributed by atoms with van der Waals surface area (Å²) >= 11 is 0. The van der Waals surface area contributed by atoms with Crippen molar-refractivity contribution in [3.05, 3.63) is 89.8 Å². The molecule has 0 spiro atoms. The lowest BCUT2D eigenvalue weighted by molar-refractivity contribution is -0.142. The fourth-order valence-corrected chi connectivity index (χ4v) is 5.52. The van der Waals surface area contributed by atoms with Crippen LogP contribution in [0.15, 0.2) is 67.0 Å². The second-order valence-electron chi connectivity index (χ2n) is 10.6. The van der Waals surface area contributed by atoms with Crippen LogP contribution in [0.3, 0.4) is 0 Å². The number of fused-ring (bicyclic) bond motifs is 1. The van der Waals surface area contributed by atoms with Crippen LogP contribution in [-0.2, 0) is 16.0 Å². The van der Waals surface area contributed by atoms with E-state index in [1.54, 1.807) is 31.0 Å². The minimum absolute atomic E-state index is 0.103. The van der Waals surface area contributed by atoms with Gasteiger partial charge in [-0.25, -0.2) is 23.4 Å². The van der Waals surface area contributed by atoms with Crippen molar-refractivity contribution < 1.29 is 27.8 Å². The molecule has 0 aliphatic carbocycles. The quantitative estimate of drug-likeness (QED) is 0.221. The number of amides is 1. The zero-order chi connectivity index (χ0) is 31.7. The lowest BCUT2D eigenvalue weighted by atomic mass is 9.98. The molecule has 6 rings (SSSR count). The van der Waals surface area contributed by atoms with E-state index in [-0.39, 0.29) is 35.9 Å². The smallest absolute Gasteiger partial charge is 0.255 e. The minimum atomic E-state index is -0.535. The molecule has 1 aliphatic heterocycles. The number of carbonyl (C=O) groups excluding carboxylic acids is 1. The van der Waals surface area contributed by atoms with Gasteiger partial charge in [-0.1, -0.05) is 24.3 Å². The number of benzene rings is 3. The number of nitrogens with zero attached hydrogens (tertiary/aromatic N) is 5. The predicted molar refractivity (Wildman–Crippen MR) is 164 cm³/mol. The maximum absolute atomic E-state index is 15.4. The number of nitrogens with two attached hydrogens (primary N) is 1. The number of halogens is 2. The molecule has 0 bridgehead atoms. The van der Waals surface area contributed by atoms with Crippen molar-refractivity contribution in [1.82, 2.24) is 25.1 Å². The van der Waals surface area contributed by atoms with E-state index in [1.165, 1.54) is 31.6 Å². The average molecular weight is 616 g/mol. The predicted octanol–water partition coefficient (Wildman–Crippen LogP) is 4.34. The van der Waals surface area contributed by atoms with Gasteiger partial charge in [0.1, 0.15) is 35.2 Å². The van der Waals surface area contributed by atoms with E-state index in [9.17, 15) is 9.18 Å². The van der Waals surface area contributed by atoms with Gasteiger partial charge >= 0.3 is 0 Å². The first kappa shape index (κ1) is 29.9. The van der Waals surface area contributed by atoms with Gasteiger partial charge in [0.05, 0.1) is 29.4 Å². The van der Waals surface area contributed by atoms with Gasteiger partial charge in [-0.2, -0.15) is 5.10 Å². The number of nitrogens with one attached hydrogen (secondary N) is 1. The number of hydrogen-bond acceptors (Lipinski definition) is 9. The molecule has 13 heteroatoms. The third kappa shape index (κ3) is 5.75. The molecule has 0 radical (unpaired) electrons. The van der Waals surface area contributed by atoms with Gasteiger partial charge in [0, 0.05) is 51.4 Å². The van der Waals surface area contributed by atoms with Gasteiger partial charge in [-0.3, -0.25) is 4.79 Å². The number of hydrogen-bond donors (Lipinski definition) is 2. The second-order valence-corrected chi connectivity index (χ2v) is 10.6. The van der Waals surface area contributed by atoms with Crippen molar-refractivity contribution in [3.8, 4) is 22.7 Å². The molecule has 5 aromatic rings. The minimum Gasteiger partial charge on any atom is -0.496 e. The molecule has 1 aliphatic rings. The van der Waals surface area contributed by atoms with Crippen molar-refractivity contribution in [2.24, 2.45) is 5.92 Å². The number of anilines is 2. The van der Waals surface area contributed by atoms with Crippen LogP contribution >= 0.6 is 0 Å². The maximum atomic E-state index is 15.4. The Hall–Kier alpha value is -5.14. The molecule has 1 amide bonds. The van der Waals surface area contributed by atoms with Gasteiger partial charge in [0.2, 0.25) is 0 Å². The van der Waals surface area contributed by atoms with E-state index in [2.05, 4.69) is 15.3 Å². The van der Waals surface area contributed by atoms with Crippen LogP contribution in [0, 0.1) is 17.6 Å². The molecule has 1 saturated heterocycles. The van der Waals surface area contributed by atoms with Crippen LogP contribution < -0.4 is 20.7 Å². The van der Waals surface area contributed by atoms with Crippen LogP contribution in [0.1, 0.15) is 15.9 Å². The molecule has 0 unspecified atom stereocenters. The summed E-state index contributed by atoms with van der Waals surface area (Å²) in [7, 11) is 4.60. The first-order chi connectivity index (χ1) is 21.8. The second kappa shape index (κ2) is 12.5. The Bertz CT molecular complexity index is 1860. The Kier molecular flexibility index (Phi) is 8.28. The summed E-state index contributed by atoms with van der Waals surface area (Å²) in [5.41, 5.74) is 9.79. The van der Waals surface area contributed by atoms with Crippen LogP contribution in [-0.4, -0.2) is 66.4 Å². The lowest BCUT2D eigenvalue weighted by Gasteiger charge is -2.43. The number of rotatable bonds is 10. The summed E-state index contributed by atoms with van der Waals surface area (Å²) < 4.78 is 46.5. The first-order valence-electron chi connectivity index (χ1n) is 14.1. The number of aromatic nitrogens is 4. The zero-order valence-electron chi connectivity index (χ0n) is 24.8. The van der Waals surface area contributed by atoms with Gasteiger partial charge < -0.3 is 30.2 Å². The van der Waals surface area contributed by atoms with Crippen molar-refractivity contribution in [1.29, 1.82) is 0 Å².